The Morgan fingerprint density at radius 3 is 1.88 bits per heavy atom. The Morgan fingerprint density at radius 1 is 0.697 bits per heavy atom. The van der Waals surface area contributed by atoms with E-state index in [0.717, 1.165) is 22.6 Å². The zero-order valence-corrected chi connectivity index (χ0v) is 19.4. The predicted molar refractivity (Wildman–Crippen MR) is 136 cm³/mol. The van der Waals surface area contributed by atoms with Gasteiger partial charge in [-0.25, -0.2) is 0 Å². The van der Waals surface area contributed by atoms with Crippen molar-refractivity contribution in [3.63, 3.8) is 0 Å². The molecule has 33 heavy (non-hydrogen) atoms. The van der Waals surface area contributed by atoms with E-state index < -0.39 is 0 Å². The second kappa shape index (κ2) is 10.2. The lowest BCUT2D eigenvalue weighted by Gasteiger charge is -2.26. The summed E-state index contributed by atoms with van der Waals surface area (Å²) in [5, 5.41) is 0. The number of rotatable bonds is 7. The Balaban J connectivity index is 1.68. The molecule has 0 aliphatic heterocycles. The molecule has 0 unspecified atom stereocenters. The average molecular weight is 436 g/mol. The summed E-state index contributed by atoms with van der Waals surface area (Å²) in [6.45, 7) is 4.28. The van der Waals surface area contributed by atoms with Crippen LogP contribution < -0.4 is 4.90 Å². The van der Waals surface area contributed by atoms with Gasteiger partial charge in [0.2, 0.25) is 0 Å². The molecule has 0 fully saturated rings. The molecule has 0 radical (unpaired) electrons. The lowest BCUT2D eigenvalue weighted by molar-refractivity contribution is -0.140. The molecule has 166 valence electrons. The Kier molecular flexibility index (Phi) is 6.89. The van der Waals surface area contributed by atoms with Crippen molar-refractivity contribution < 1.29 is 9.53 Å². The number of nitrogens with zero attached hydrogens (tertiary/aromatic N) is 1. The van der Waals surface area contributed by atoms with E-state index in [4.69, 9.17) is 4.74 Å². The van der Waals surface area contributed by atoms with Gasteiger partial charge in [-0.15, -0.1) is 0 Å². The van der Waals surface area contributed by atoms with Gasteiger partial charge in [-0.3, -0.25) is 4.79 Å². The fourth-order valence-corrected chi connectivity index (χ4v) is 3.91. The van der Waals surface area contributed by atoms with Crippen molar-refractivity contribution in [2.75, 3.05) is 12.0 Å². The summed E-state index contributed by atoms with van der Waals surface area (Å²) in [4.78, 5) is 13.8. The van der Waals surface area contributed by atoms with Gasteiger partial charge in [-0.2, -0.15) is 0 Å². The number of esters is 1. The Morgan fingerprint density at radius 2 is 1.27 bits per heavy atom. The molecular weight excluding hydrogens is 406 g/mol. The number of benzene rings is 4. The van der Waals surface area contributed by atoms with Gasteiger partial charge in [-0.05, 0) is 84.5 Å². The van der Waals surface area contributed by atoms with Crippen LogP contribution in [0, 0.1) is 13.8 Å². The highest BCUT2D eigenvalue weighted by Gasteiger charge is 2.14. The fourth-order valence-electron chi connectivity index (χ4n) is 3.91. The third-order valence-corrected chi connectivity index (χ3v) is 6.02. The molecule has 0 N–H and O–H groups in total. The van der Waals surface area contributed by atoms with Gasteiger partial charge in [0.05, 0.1) is 7.11 Å². The van der Waals surface area contributed by atoms with Crippen LogP contribution in [-0.4, -0.2) is 13.1 Å². The largest absolute Gasteiger partial charge is 0.469 e. The summed E-state index contributed by atoms with van der Waals surface area (Å²) in [7, 11) is 1.43. The third kappa shape index (κ3) is 5.32. The highest BCUT2D eigenvalue weighted by atomic mass is 16.5. The molecule has 0 heterocycles. The highest BCUT2D eigenvalue weighted by Crippen LogP contribution is 2.36. The summed E-state index contributed by atoms with van der Waals surface area (Å²) < 4.78 is 4.76. The Hall–Kier alpha value is -3.85. The van der Waals surface area contributed by atoms with Gasteiger partial charge < -0.3 is 9.64 Å². The lowest BCUT2D eigenvalue weighted by atomic mass is 10.0. The van der Waals surface area contributed by atoms with Crippen LogP contribution in [0.4, 0.5) is 17.1 Å². The number of hydrogen-bond donors (Lipinski definition) is 0. The van der Waals surface area contributed by atoms with Crippen LogP contribution in [0.25, 0.3) is 11.1 Å². The van der Waals surface area contributed by atoms with Crippen LogP contribution in [0.5, 0.6) is 0 Å². The number of carbonyl (C=O) groups is 1. The third-order valence-electron chi connectivity index (χ3n) is 6.02. The van der Waals surface area contributed by atoms with Crippen LogP contribution in [0.3, 0.4) is 0 Å². The van der Waals surface area contributed by atoms with Crippen molar-refractivity contribution in [1.82, 2.24) is 0 Å². The standard InChI is InChI=1S/C30H29NO2/c1-22-9-15-29(21-23(22)2)31(27-16-10-24(11-17-27)12-20-30(32)33-3)28-18-13-26(14-19-28)25-7-5-4-6-8-25/h4-11,13-19,21H,12,20H2,1-3H3. The van der Waals surface area contributed by atoms with Crippen LogP contribution in [0.15, 0.2) is 97.1 Å². The maximum absolute atomic E-state index is 11.5. The zero-order chi connectivity index (χ0) is 23.2. The first kappa shape index (κ1) is 22.3. The van der Waals surface area contributed by atoms with Crippen molar-refractivity contribution in [3.05, 3.63) is 114 Å². The van der Waals surface area contributed by atoms with Gasteiger partial charge in [0.15, 0.2) is 0 Å². The topological polar surface area (TPSA) is 29.5 Å². The molecular formula is C30H29NO2. The van der Waals surface area contributed by atoms with E-state index >= 15 is 0 Å². The molecule has 3 nitrogen and oxygen atoms in total. The quantitative estimate of drug-likeness (QED) is 0.281. The summed E-state index contributed by atoms with van der Waals surface area (Å²) in [5.41, 5.74) is 9.34. The summed E-state index contributed by atoms with van der Waals surface area (Å²) in [6.07, 6.45) is 1.06. The van der Waals surface area contributed by atoms with Gasteiger partial charge in [0.1, 0.15) is 0 Å². The molecule has 4 aromatic rings. The summed E-state index contributed by atoms with van der Waals surface area (Å²) in [6, 6.07) is 34.1. The van der Waals surface area contributed by atoms with Gasteiger partial charge in [-0.1, -0.05) is 60.7 Å². The minimum atomic E-state index is -0.186. The summed E-state index contributed by atoms with van der Waals surface area (Å²) >= 11 is 0. The van der Waals surface area contributed by atoms with Gasteiger partial charge in [0.25, 0.3) is 0 Å². The van der Waals surface area contributed by atoms with E-state index in [9.17, 15) is 4.79 Å². The molecule has 3 heteroatoms. The molecule has 0 saturated carbocycles. The molecule has 0 atom stereocenters. The zero-order valence-electron chi connectivity index (χ0n) is 19.4. The first-order valence-corrected chi connectivity index (χ1v) is 11.2. The first-order valence-electron chi connectivity index (χ1n) is 11.2. The molecule has 0 aliphatic rings. The number of ether oxygens (including phenoxy) is 1. The molecule has 0 aromatic heterocycles. The van der Waals surface area contributed by atoms with Crippen molar-refractivity contribution >= 4 is 23.0 Å². The van der Waals surface area contributed by atoms with Crippen molar-refractivity contribution in [2.45, 2.75) is 26.7 Å². The summed E-state index contributed by atoms with van der Waals surface area (Å²) in [5.74, 6) is -0.186. The molecule has 0 bridgehead atoms. The van der Waals surface area contributed by atoms with Crippen molar-refractivity contribution in [1.29, 1.82) is 0 Å². The second-order valence-electron chi connectivity index (χ2n) is 8.26. The van der Waals surface area contributed by atoms with Crippen molar-refractivity contribution in [3.8, 4) is 11.1 Å². The minimum Gasteiger partial charge on any atom is -0.469 e. The normalized spacial score (nSPS) is 10.6. The van der Waals surface area contributed by atoms with Crippen LogP contribution in [0.1, 0.15) is 23.1 Å². The number of anilines is 3. The van der Waals surface area contributed by atoms with Crippen LogP contribution in [-0.2, 0) is 16.0 Å². The van der Waals surface area contributed by atoms with Crippen LogP contribution in [0.2, 0.25) is 0 Å². The molecule has 0 aliphatic carbocycles. The van der Waals surface area contributed by atoms with E-state index in [0.29, 0.717) is 12.8 Å². The number of hydrogen-bond acceptors (Lipinski definition) is 3. The monoisotopic (exact) mass is 435 g/mol. The molecule has 4 aromatic carbocycles. The average Bonchev–Trinajstić information content (AvgIpc) is 2.86. The number of methoxy groups -OCH3 is 1. The molecule has 0 amide bonds. The fraction of sp³-hybridized carbons (Fsp3) is 0.167. The number of carbonyl (C=O) groups excluding carboxylic acids is 1. The molecule has 0 saturated heterocycles. The smallest absolute Gasteiger partial charge is 0.305 e. The Bertz CT molecular complexity index is 1210. The first-order chi connectivity index (χ1) is 16.0. The Labute approximate surface area is 196 Å². The molecule has 4 rings (SSSR count). The highest BCUT2D eigenvalue weighted by molar-refractivity contribution is 5.79. The van der Waals surface area contributed by atoms with Gasteiger partial charge in [0, 0.05) is 23.5 Å². The second-order valence-corrected chi connectivity index (χ2v) is 8.26. The van der Waals surface area contributed by atoms with E-state index in [1.165, 1.54) is 29.4 Å². The maximum Gasteiger partial charge on any atom is 0.305 e. The van der Waals surface area contributed by atoms with E-state index in [-0.39, 0.29) is 5.97 Å². The predicted octanol–water partition coefficient (Wildman–Crippen LogP) is 7.55. The van der Waals surface area contributed by atoms with E-state index in [2.05, 4.69) is 110 Å². The maximum atomic E-state index is 11.5. The SMILES string of the molecule is COC(=O)CCc1ccc(N(c2ccc(-c3ccccc3)cc2)c2ccc(C)c(C)c2)cc1. The molecule has 0 spiro atoms. The van der Waals surface area contributed by atoms with Crippen LogP contribution >= 0.6 is 0 Å². The lowest BCUT2D eigenvalue weighted by Crippen LogP contribution is -2.10. The van der Waals surface area contributed by atoms with E-state index in [1.807, 2.05) is 6.07 Å². The minimum absolute atomic E-state index is 0.186. The van der Waals surface area contributed by atoms with E-state index in [1.54, 1.807) is 0 Å². The van der Waals surface area contributed by atoms with Gasteiger partial charge >= 0.3 is 5.97 Å². The number of aryl methyl sites for hydroxylation is 3. The van der Waals surface area contributed by atoms with Crippen molar-refractivity contribution in [2.24, 2.45) is 0 Å².